The first-order valence-corrected chi connectivity index (χ1v) is 9.06. The van der Waals surface area contributed by atoms with Crippen LogP contribution in [0.15, 0.2) is 28.7 Å². The lowest BCUT2D eigenvalue weighted by Crippen LogP contribution is -2.43. The highest BCUT2D eigenvalue weighted by molar-refractivity contribution is 9.10. The first kappa shape index (κ1) is 21.2. The van der Waals surface area contributed by atoms with E-state index in [0.29, 0.717) is 22.4 Å². The molecule has 0 aliphatic heterocycles. The number of carboxylic acid groups (broad SMARTS) is 1. The molecule has 0 saturated carbocycles. The molecule has 1 aromatic carbocycles. The number of carbonyl (C=O) groups excluding carboxylic acids is 3. The number of hydrogen-bond acceptors (Lipinski definition) is 4. The Labute approximate surface area is 156 Å². The van der Waals surface area contributed by atoms with Crippen LogP contribution in [0.3, 0.4) is 0 Å². The van der Waals surface area contributed by atoms with Crippen LogP contribution in [0.2, 0.25) is 0 Å². The zero-order valence-corrected chi connectivity index (χ0v) is 16.3. The molecule has 0 saturated heterocycles. The lowest BCUT2D eigenvalue weighted by molar-refractivity contribution is -0.313. The van der Waals surface area contributed by atoms with Crippen LogP contribution in [0.4, 0.5) is 0 Å². The molecule has 0 heterocycles. The van der Waals surface area contributed by atoms with Gasteiger partial charge in [-0.15, -0.1) is 0 Å². The second kappa shape index (κ2) is 10.2. The minimum atomic E-state index is -1.14. The summed E-state index contributed by atoms with van der Waals surface area (Å²) >= 11 is 3.26. The normalized spacial score (nSPS) is 13.2. The van der Waals surface area contributed by atoms with Crippen molar-refractivity contribution < 1.29 is 19.5 Å². The average molecular weight is 412 g/mol. The molecule has 0 bridgehead atoms. The molecule has 0 spiro atoms. The Morgan fingerprint density at radius 2 is 1.72 bits per heavy atom. The van der Waals surface area contributed by atoms with Crippen LogP contribution in [0.5, 0.6) is 0 Å². The Bertz CT molecular complexity index is 619. The number of carbonyl (C=O) groups is 3. The fourth-order valence-electron chi connectivity index (χ4n) is 2.47. The van der Waals surface area contributed by atoms with E-state index in [9.17, 15) is 19.5 Å². The smallest absolute Gasteiger partial charge is 0.270 e. The van der Waals surface area contributed by atoms with Gasteiger partial charge in [-0.1, -0.05) is 39.3 Å². The third-order valence-corrected chi connectivity index (χ3v) is 4.68. The fraction of sp³-hybridized carbons (Fsp3) is 0.500. The maximum absolute atomic E-state index is 12.0. The molecule has 2 N–H and O–H groups in total. The van der Waals surface area contributed by atoms with Crippen molar-refractivity contribution in [1.82, 2.24) is 10.9 Å². The van der Waals surface area contributed by atoms with Crippen LogP contribution in [-0.4, -0.2) is 17.8 Å². The van der Waals surface area contributed by atoms with E-state index in [-0.39, 0.29) is 12.3 Å². The molecule has 25 heavy (non-hydrogen) atoms. The Kier molecular flexibility index (Phi) is 8.61. The van der Waals surface area contributed by atoms with Crippen LogP contribution < -0.4 is 16.0 Å². The third kappa shape index (κ3) is 7.25. The molecule has 2 atom stereocenters. The summed E-state index contributed by atoms with van der Waals surface area (Å²) in [4.78, 5) is 35.3. The second-order valence-corrected chi connectivity index (χ2v) is 7.41. The lowest BCUT2D eigenvalue weighted by atomic mass is 9.85. The Hall–Kier alpha value is -1.89. The first-order valence-electron chi connectivity index (χ1n) is 8.27. The van der Waals surface area contributed by atoms with E-state index in [1.165, 1.54) is 0 Å². The number of nitrogens with one attached hydrogen (secondary N) is 2. The second-order valence-electron chi connectivity index (χ2n) is 6.56. The zero-order valence-electron chi connectivity index (χ0n) is 14.7. The first-order chi connectivity index (χ1) is 11.7. The van der Waals surface area contributed by atoms with E-state index in [2.05, 4.69) is 26.8 Å². The Morgan fingerprint density at radius 1 is 1.08 bits per heavy atom. The largest absolute Gasteiger partial charge is 0.550 e. The summed E-state index contributed by atoms with van der Waals surface area (Å²) in [5.74, 6) is -2.73. The van der Waals surface area contributed by atoms with Crippen molar-refractivity contribution in [2.75, 3.05) is 0 Å². The van der Waals surface area contributed by atoms with Crippen molar-refractivity contribution in [3.8, 4) is 0 Å². The summed E-state index contributed by atoms with van der Waals surface area (Å²) in [5.41, 5.74) is 5.05. The monoisotopic (exact) mass is 411 g/mol. The number of halogens is 1. The average Bonchev–Trinajstić information content (AvgIpc) is 2.52. The van der Waals surface area contributed by atoms with Crippen LogP contribution >= 0.6 is 15.9 Å². The molecule has 1 rings (SSSR count). The molecule has 2 amide bonds. The number of carboxylic acids is 1. The number of hydrazine groups is 1. The van der Waals surface area contributed by atoms with E-state index >= 15 is 0 Å². The zero-order chi connectivity index (χ0) is 19.0. The SMILES string of the molecule is CC(C)CCC(C(=O)[O-])C(C)CC(=O)NNC(=O)c1ccccc1Br. The van der Waals surface area contributed by atoms with Crippen LogP contribution in [0.25, 0.3) is 0 Å². The summed E-state index contributed by atoms with van der Waals surface area (Å²) < 4.78 is 0.612. The van der Waals surface area contributed by atoms with Gasteiger partial charge in [-0.3, -0.25) is 20.4 Å². The highest BCUT2D eigenvalue weighted by Gasteiger charge is 2.22. The minimum absolute atomic E-state index is 0.00696. The van der Waals surface area contributed by atoms with Gasteiger partial charge in [0.05, 0.1) is 5.56 Å². The molecule has 0 radical (unpaired) electrons. The highest BCUT2D eigenvalue weighted by atomic mass is 79.9. The Balaban J connectivity index is 2.53. The Morgan fingerprint density at radius 3 is 2.28 bits per heavy atom. The molecular weight excluding hydrogens is 388 g/mol. The number of benzene rings is 1. The number of aliphatic carboxylic acids is 1. The van der Waals surface area contributed by atoms with Crippen LogP contribution in [0, 0.1) is 17.8 Å². The molecule has 1 aromatic rings. The molecule has 0 aliphatic rings. The van der Waals surface area contributed by atoms with Gasteiger partial charge in [0.15, 0.2) is 0 Å². The third-order valence-electron chi connectivity index (χ3n) is 3.99. The summed E-state index contributed by atoms with van der Waals surface area (Å²) in [7, 11) is 0. The van der Waals surface area contributed by atoms with Gasteiger partial charge in [-0.05, 0) is 46.3 Å². The van der Waals surface area contributed by atoms with Crippen molar-refractivity contribution >= 4 is 33.7 Å². The van der Waals surface area contributed by atoms with Gasteiger partial charge in [0, 0.05) is 22.8 Å². The van der Waals surface area contributed by atoms with Crippen LogP contribution in [-0.2, 0) is 9.59 Å². The van der Waals surface area contributed by atoms with E-state index in [4.69, 9.17) is 0 Å². The number of rotatable bonds is 8. The van der Waals surface area contributed by atoms with Gasteiger partial charge in [-0.2, -0.15) is 0 Å². The lowest BCUT2D eigenvalue weighted by Gasteiger charge is -2.25. The van der Waals surface area contributed by atoms with Crippen molar-refractivity contribution in [2.45, 2.75) is 40.0 Å². The van der Waals surface area contributed by atoms with Crippen molar-refractivity contribution in [2.24, 2.45) is 17.8 Å². The van der Waals surface area contributed by atoms with E-state index in [1.807, 2.05) is 13.8 Å². The maximum Gasteiger partial charge on any atom is 0.270 e. The molecule has 0 aromatic heterocycles. The van der Waals surface area contributed by atoms with E-state index in [1.54, 1.807) is 31.2 Å². The molecular formula is C18H24BrN2O4-. The minimum Gasteiger partial charge on any atom is -0.550 e. The van der Waals surface area contributed by atoms with Gasteiger partial charge in [-0.25, -0.2) is 0 Å². The van der Waals surface area contributed by atoms with Gasteiger partial charge < -0.3 is 9.90 Å². The topological polar surface area (TPSA) is 98.3 Å². The van der Waals surface area contributed by atoms with E-state index < -0.39 is 23.7 Å². The van der Waals surface area contributed by atoms with Crippen molar-refractivity contribution in [3.63, 3.8) is 0 Å². The molecule has 2 unspecified atom stereocenters. The van der Waals surface area contributed by atoms with E-state index in [0.717, 1.165) is 6.42 Å². The predicted octanol–water partition coefficient (Wildman–Crippen LogP) is 2.04. The summed E-state index contributed by atoms with van der Waals surface area (Å²) in [6, 6.07) is 6.82. The molecule has 138 valence electrons. The highest BCUT2D eigenvalue weighted by Crippen LogP contribution is 2.22. The molecule has 7 heteroatoms. The van der Waals surface area contributed by atoms with Crippen LogP contribution in [0.1, 0.15) is 50.4 Å². The quantitative estimate of drug-likeness (QED) is 0.639. The molecule has 0 fully saturated rings. The summed E-state index contributed by atoms with van der Waals surface area (Å²) in [6.45, 7) is 5.73. The van der Waals surface area contributed by atoms with Gasteiger partial charge in [0.1, 0.15) is 0 Å². The number of amides is 2. The summed E-state index contributed by atoms with van der Waals surface area (Å²) in [6.07, 6.45) is 1.22. The standard InChI is InChI=1S/C18H25BrN2O4/c1-11(2)8-9-13(18(24)25)12(3)10-16(22)20-21-17(23)14-6-4-5-7-15(14)19/h4-7,11-13H,8-10H2,1-3H3,(H,20,22)(H,21,23)(H,24,25)/p-1. The van der Waals surface area contributed by atoms with Crippen molar-refractivity contribution in [1.29, 1.82) is 0 Å². The molecule has 6 nitrogen and oxygen atoms in total. The van der Waals surface area contributed by atoms with Gasteiger partial charge in [0.2, 0.25) is 5.91 Å². The van der Waals surface area contributed by atoms with Crippen molar-refractivity contribution in [3.05, 3.63) is 34.3 Å². The maximum atomic E-state index is 12.0. The number of hydrogen-bond donors (Lipinski definition) is 2. The van der Waals surface area contributed by atoms with Gasteiger partial charge in [0.25, 0.3) is 5.91 Å². The predicted molar refractivity (Wildman–Crippen MR) is 96.1 cm³/mol. The fourth-order valence-corrected chi connectivity index (χ4v) is 2.94. The molecule has 0 aliphatic carbocycles. The van der Waals surface area contributed by atoms with Gasteiger partial charge >= 0.3 is 0 Å². The summed E-state index contributed by atoms with van der Waals surface area (Å²) in [5, 5.41) is 11.3.